The topological polar surface area (TPSA) is 35.5 Å². The summed E-state index contributed by atoms with van der Waals surface area (Å²) in [7, 11) is -0.668. The van der Waals surface area contributed by atoms with Crippen molar-refractivity contribution in [3.05, 3.63) is 0 Å². The summed E-state index contributed by atoms with van der Waals surface area (Å²) in [5.74, 6) is 0.745. The van der Waals surface area contributed by atoms with E-state index < -0.39 is 10.8 Å². The molecule has 94 valence electrons. The molecule has 0 N–H and O–H groups in total. The van der Waals surface area contributed by atoms with Crippen LogP contribution in [-0.4, -0.2) is 34.7 Å². The molecule has 1 aliphatic carbocycles. The van der Waals surface area contributed by atoms with Gasteiger partial charge in [0, 0.05) is 28.2 Å². The summed E-state index contributed by atoms with van der Waals surface area (Å²) in [6, 6.07) is 0. The van der Waals surface area contributed by atoms with Gasteiger partial charge in [-0.3, -0.25) is 4.21 Å². The lowest BCUT2D eigenvalue weighted by atomic mass is 10.0. The Morgan fingerprint density at radius 3 is 2.38 bits per heavy atom. The van der Waals surface area contributed by atoms with E-state index in [1.165, 1.54) is 19.3 Å². The Hall–Kier alpha value is 0.0700. The standard InChI is InChI=1S/C12H22O3S/c13-16(11-5-2-1-3-6-11)10-7-12-14-8-4-9-15-12/h11-12H,1-10H2. The number of hydrogen-bond acceptors (Lipinski definition) is 3. The molecule has 1 saturated carbocycles. The third-order valence-electron chi connectivity index (χ3n) is 3.37. The Bertz CT molecular complexity index is 220. The largest absolute Gasteiger partial charge is 0.353 e. The summed E-state index contributed by atoms with van der Waals surface area (Å²) in [6.07, 6.45) is 7.83. The molecule has 0 aromatic heterocycles. The molecule has 0 aromatic rings. The minimum Gasteiger partial charge on any atom is -0.353 e. The highest BCUT2D eigenvalue weighted by Gasteiger charge is 2.21. The average Bonchev–Trinajstić information content (AvgIpc) is 2.38. The normalized spacial score (nSPS) is 26.8. The van der Waals surface area contributed by atoms with Crippen molar-refractivity contribution in [2.24, 2.45) is 0 Å². The zero-order valence-electron chi connectivity index (χ0n) is 9.86. The van der Waals surface area contributed by atoms with Crippen LogP contribution in [0, 0.1) is 0 Å². The van der Waals surface area contributed by atoms with Crippen molar-refractivity contribution in [1.82, 2.24) is 0 Å². The maximum absolute atomic E-state index is 12.0. The molecule has 0 radical (unpaired) electrons. The highest BCUT2D eigenvalue weighted by molar-refractivity contribution is 7.85. The summed E-state index contributed by atoms with van der Waals surface area (Å²) in [5, 5.41) is 0.442. The fraction of sp³-hybridized carbons (Fsp3) is 1.00. The van der Waals surface area contributed by atoms with Crippen LogP contribution in [0.1, 0.15) is 44.9 Å². The number of rotatable bonds is 4. The van der Waals surface area contributed by atoms with E-state index in [0.29, 0.717) is 5.25 Å². The number of ether oxygens (including phenoxy) is 2. The first-order valence-corrected chi connectivity index (χ1v) is 7.85. The van der Waals surface area contributed by atoms with Gasteiger partial charge in [-0.25, -0.2) is 0 Å². The third kappa shape index (κ3) is 3.82. The first-order chi connectivity index (χ1) is 7.86. The van der Waals surface area contributed by atoms with E-state index >= 15 is 0 Å². The molecule has 4 heteroatoms. The van der Waals surface area contributed by atoms with Gasteiger partial charge in [0.25, 0.3) is 0 Å². The lowest BCUT2D eigenvalue weighted by Gasteiger charge is -2.25. The summed E-state index contributed by atoms with van der Waals surface area (Å²) in [5.41, 5.74) is 0. The van der Waals surface area contributed by atoms with E-state index in [4.69, 9.17) is 9.47 Å². The Kier molecular flexibility index (Phi) is 5.26. The molecular weight excluding hydrogens is 224 g/mol. The van der Waals surface area contributed by atoms with E-state index in [0.717, 1.165) is 44.6 Å². The van der Waals surface area contributed by atoms with E-state index in [2.05, 4.69) is 0 Å². The van der Waals surface area contributed by atoms with E-state index in [1.54, 1.807) is 0 Å². The highest BCUT2D eigenvalue weighted by Crippen LogP contribution is 2.23. The van der Waals surface area contributed by atoms with Gasteiger partial charge in [0.2, 0.25) is 0 Å². The summed E-state index contributed by atoms with van der Waals surface area (Å²) >= 11 is 0. The van der Waals surface area contributed by atoms with Crippen LogP contribution < -0.4 is 0 Å². The fourth-order valence-electron chi connectivity index (χ4n) is 2.41. The van der Waals surface area contributed by atoms with Crippen molar-refractivity contribution >= 4 is 10.8 Å². The molecule has 2 fully saturated rings. The molecule has 1 aliphatic heterocycles. The van der Waals surface area contributed by atoms with Crippen LogP contribution in [0.15, 0.2) is 0 Å². The molecular formula is C12H22O3S. The maximum Gasteiger partial charge on any atom is 0.158 e. The SMILES string of the molecule is O=S(CCC1OCCCO1)C1CCCCC1. The lowest BCUT2D eigenvalue weighted by molar-refractivity contribution is -0.178. The quantitative estimate of drug-likeness (QED) is 0.763. The maximum atomic E-state index is 12.0. The third-order valence-corrected chi connectivity index (χ3v) is 5.23. The van der Waals surface area contributed by atoms with Gasteiger partial charge >= 0.3 is 0 Å². The van der Waals surface area contributed by atoms with Crippen molar-refractivity contribution in [3.8, 4) is 0 Å². The van der Waals surface area contributed by atoms with Crippen LogP contribution in [0.2, 0.25) is 0 Å². The van der Waals surface area contributed by atoms with Crippen molar-refractivity contribution in [1.29, 1.82) is 0 Å². The zero-order valence-corrected chi connectivity index (χ0v) is 10.7. The molecule has 16 heavy (non-hydrogen) atoms. The first-order valence-electron chi connectivity index (χ1n) is 6.46. The molecule has 0 bridgehead atoms. The van der Waals surface area contributed by atoms with Gasteiger partial charge in [-0.15, -0.1) is 0 Å². The Morgan fingerprint density at radius 2 is 1.69 bits per heavy atom. The van der Waals surface area contributed by atoms with Gasteiger partial charge in [-0.1, -0.05) is 19.3 Å². The molecule has 2 rings (SSSR count). The molecule has 0 amide bonds. The van der Waals surface area contributed by atoms with Crippen molar-refractivity contribution in [3.63, 3.8) is 0 Å². The lowest BCUT2D eigenvalue weighted by Crippen LogP contribution is -2.28. The zero-order chi connectivity index (χ0) is 11.2. The first kappa shape index (κ1) is 12.5. The fourth-order valence-corrected chi connectivity index (χ4v) is 4.03. The summed E-state index contributed by atoms with van der Waals surface area (Å²) < 4.78 is 23.0. The predicted molar refractivity (Wildman–Crippen MR) is 64.8 cm³/mol. The molecule has 1 saturated heterocycles. The van der Waals surface area contributed by atoms with Crippen LogP contribution in [0.4, 0.5) is 0 Å². The Balaban J connectivity index is 1.65. The van der Waals surface area contributed by atoms with Crippen LogP contribution in [0.25, 0.3) is 0 Å². The molecule has 0 aromatic carbocycles. The van der Waals surface area contributed by atoms with Crippen molar-refractivity contribution in [2.45, 2.75) is 56.5 Å². The van der Waals surface area contributed by atoms with Gasteiger partial charge in [0.1, 0.15) is 0 Å². The molecule has 1 unspecified atom stereocenters. The molecule has 1 heterocycles. The number of hydrogen-bond donors (Lipinski definition) is 0. The summed E-state index contributed by atoms with van der Waals surface area (Å²) in [4.78, 5) is 0. The van der Waals surface area contributed by atoms with Crippen molar-refractivity contribution in [2.75, 3.05) is 19.0 Å². The van der Waals surface area contributed by atoms with E-state index in [1.807, 2.05) is 0 Å². The van der Waals surface area contributed by atoms with E-state index in [-0.39, 0.29) is 6.29 Å². The monoisotopic (exact) mass is 246 g/mol. The van der Waals surface area contributed by atoms with Crippen LogP contribution >= 0.6 is 0 Å². The molecule has 0 spiro atoms. The van der Waals surface area contributed by atoms with Gasteiger partial charge in [-0.2, -0.15) is 0 Å². The highest BCUT2D eigenvalue weighted by atomic mass is 32.2. The summed E-state index contributed by atoms with van der Waals surface area (Å²) in [6.45, 7) is 1.58. The Labute approximate surface area is 100 Å². The second-order valence-corrected chi connectivity index (χ2v) is 6.49. The minimum absolute atomic E-state index is 0.0960. The second kappa shape index (κ2) is 6.72. The van der Waals surface area contributed by atoms with Gasteiger partial charge in [0.05, 0.1) is 13.2 Å². The molecule has 2 aliphatic rings. The van der Waals surface area contributed by atoms with Crippen molar-refractivity contribution < 1.29 is 13.7 Å². The predicted octanol–water partition coefficient (Wildman–Crippen LogP) is 2.22. The van der Waals surface area contributed by atoms with Gasteiger partial charge in [-0.05, 0) is 19.3 Å². The molecule has 3 nitrogen and oxygen atoms in total. The van der Waals surface area contributed by atoms with Gasteiger partial charge in [0.15, 0.2) is 6.29 Å². The second-order valence-electron chi connectivity index (χ2n) is 4.66. The van der Waals surface area contributed by atoms with Crippen LogP contribution in [0.5, 0.6) is 0 Å². The van der Waals surface area contributed by atoms with Crippen LogP contribution in [-0.2, 0) is 20.3 Å². The molecule has 1 atom stereocenters. The minimum atomic E-state index is -0.668. The average molecular weight is 246 g/mol. The van der Waals surface area contributed by atoms with Gasteiger partial charge < -0.3 is 9.47 Å². The van der Waals surface area contributed by atoms with Crippen LogP contribution in [0.3, 0.4) is 0 Å². The smallest absolute Gasteiger partial charge is 0.158 e. The van der Waals surface area contributed by atoms with E-state index in [9.17, 15) is 4.21 Å². The Morgan fingerprint density at radius 1 is 1.00 bits per heavy atom.